The van der Waals surface area contributed by atoms with Crippen LogP contribution in [-0.4, -0.2) is 14.3 Å². The minimum atomic E-state index is -1.07. The molecule has 1 aromatic carbocycles. The second-order valence-corrected chi connectivity index (χ2v) is 7.00. The lowest BCUT2D eigenvalue weighted by Crippen LogP contribution is -2.06. The predicted octanol–water partition coefficient (Wildman–Crippen LogP) is 3.51. The lowest BCUT2D eigenvalue weighted by atomic mass is 10.0. The first-order chi connectivity index (χ1) is 9.47. The monoisotopic (exact) mass is 292 g/mol. The quantitative estimate of drug-likeness (QED) is 0.846. The van der Waals surface area contributed by atoms with Gasteiger partial charge in [-0.2, -0.15) is 4.98 Å². The molecule has 0 bridgehead atoms. The van der Waals surface area contributed by atoms with E-state index in [2.05, 4.69) is 36.1 Å². The summed E-state index contributed by atoms with van der Waals surface area (Å²) in [5, 5.41) is 3.49. The molecule has 2 rings (SSSR count). The third kappa shape index (κ3) is 3.54. The fraction of sp³-hybridized carbons (Fsp3) is 0.467. The van der Waals surface area contributed by atoms with Gasteiger partial charge in [0.05, 0.1) is 0 Å². The molecule has 0 N–H and O–H groups in total. The van der Waals surface area contributed by atoms with E-state index < -0.39 is 10.8 Å². The van der Waals surface area contributed by atoms with Crippen molar-refractivity contribution < 1.29 is 8.73 Å². The zero-order chi connectivity index (χ0) is 14.7. The summed E-state index contributed by atoms with van der Waals surface area (Å²) in [6.45, 7) is 7.93. The summed E-state index contributed by atoms with van der Waals surface area (Å²) >= 11 is 0. The highest BCUT2D eigenvalue weighted by molar-refractivity contribution is 7.84. The molecule has 1 heterocycles. The van der Waals surface area contributed by atoms with Crippen molar-refractivity contribution in [3.63, 3.8) is 0 Å². The Morgan fingerprint density at radius 3 is 2.35 bits per heavy atom. The van der Waals surface area contributed by atoms with E-state index >= 15 is 0 Å². The van der Waals surface area contributed by atoms with E-state index in [4.69, 9.17) is 4.52 Å². The van der Waals surface area contributed by atoms with Crippen LogP contribution in [0.15, 0.2) is 28.8 Å². The molecule has 0 saturated heterocycles. The smallest absolute Gasteiger partial charge is 0.242 e. The van der Waals surface area contributed by atoms with Gasteiger partial charge in [-0.05, 0) is 30.9 Å². The Bertz CT molecular complexity index is 590. The first-order valence-electron chi connectivity index (χ1n) is 6.73. The molecule has 5 heteroatoms. The zero-order valence-electron chi connectivity index (χ0n) is 12.3. The van der Waals surface area contributed by atoms with E-state index in [0.717, 1.165) is 5.56 Å². The van der Waals surface area contributed by atoms with Crippen molar-refractivity contribution in [2.45, 2.75) is 44.6 Å². The van der Waals surface area contributed by atoms with Crippen LogP contribution in [0.5, 0.6) is 0 Å². The van der Waals surface area contributed by atoms with Crippen molar-refractivity contribution in [2.24, 2.45) is 0 Å². The molecular formula is C15H20N2O2S. The lowest BCUT2D eigenvalue weighted by Gasteiger charge is -2.09. The number of rotatable bonds is 5. The van der Waals surface area contributed by atoms with Gasteiger partial charge >= 0.3 is 0 Å². The van der Waals surface area contributed by atoms with Gasteiger partial charge in [-0.3, -0.25) is 4.21 Å². The minimum Gasteiger partial charge on any atom is -0.338 e. The van der Waals surface area contributed by atoms with Gasteiger partial charge in [0.2, 0.25) is 5.89 Å². The maximum atomic E-state index is 12.3. The highest BCUT2D eigenvalue weighted by atomic mass is 32.2. The second kappa shape index (κ2) is 6.31. The Balaban J connectivity index is 2.04. The molecule has 0 aliphatic heterocycles. The van der Waals surface area contributed by atoms with Crippen LogP contribution in [0.2, 0.25) is 0 Å². The van der Waals surface area contributed by atoms with Crippen LogP contribution < -0.4 is 0 Å². The molecule has 0 aliphatic rings. The predicted molar refractivity (Wildman–Crippen MR) is 79.8 cm³/mol. The minimum absolute atomic E-state index is 0.249. The van der Waals surface area contributed by atoms with Gasteiger partial charge in [0.25, 0.3) is 0 Å². The average Bonchev–Trinajstić information content (AvgIpc) is 2.85. The number of nitrogens with zero attached hydrogens (tertiary/aromatic N) is 2. The van der Waals surface area contributed by atoms with Crippen molar-refractivity contribution in [1.29, 1.82) is 0 Å². The zero-order valence-corrected chi connectivity index (χ0v) is 13.1. The molecule has 20 heavy (non-hydrogen) atoms. The lowest BCUT2D eigenvalue weighted by molar-refractivity contribution is 0.375. The van der Waals surface area contributed by atoms with Gasteiger partial charge in [-0.25, -0.2) is 0 Å². The summed E-state index contributed by atoms with van der Waals surface area (Å²) in [6.07, 6.45) is 0. The van der Waals surface area contributed by atoms with Crippen LogP contribution in [0.4, 0.5) is 0 Å². The van der Waals surface area contributed by atoms with E-state index in [1.54, 1.807) is 6.92 Å². The summed E-state index contributed by atoms with van der Waals surface area (Å²) in [6, 6.07) is 8.27. The van der Waals surface area contributed by atoms with Crippen LogP contribution in [-0.2, 0) is 16.6 Å². The number of aromatic nitrogens is 2. The molecular weight excluding hydrogens is 272 g/mol. The molecule has 0 unspecified atom stereocenters. The Labute approximate surface area is 122 Å². The average molecular weight is 292 g/mol. The molecule has 2 atom stereocenters. The van der Waals surface area contributed by atoms with Crippen LogP contribution in [0, 0.1) is 6.92 Å². The van der Waals surface area contributed by atoms with Crippen LogP contribution >= 0.6 is 0 Å². The van der Waals surface area contributed by atoms with Crippen molar-refractivity contribution in [3.05, 3.63) is 47.1 Å². The number of benzene rings is 1. The summed E-state index contributed by atoms with van der Waals surface area (Å²) in [5.41, 5.74) is 2.36. The topological polar surface area (TPSA) is 56.0 Å². The number of hydrogen-bond acceptors (Lipinski definition) is 4. The van der Waals surface area contributed by atoms with Crippen molar-refractivity contribution in [2.75, 3.05) is 0 Å². The van der Waals surface area contributed by atoms with Crippen molar-refractivity contribution >= 4 is 10.8 Å². The van der Waals surface area contributed by atoms with Gasteiger partial charge in [0, 0.05) is 16.6 Å². The second-order valence-electron chi connectivity index (χ2n) is 5.24. The maximum absolute atomic E-state index is 12.3. The van der Waals surface area contributed by atoms with Crippen molar-refractivity contribution in [1.82, 2.24) is 10.1 Å². The highest BCUT2D eigenvalue weighted by Crippen LogP contribution is 2.21. The molecule has 108 valence electrons. The van der Waals surface area contributed by atoms with Gasteiger partial charge in [-0.1, -0.05) is 43.3 Å². The molecule has 0 fully saturated rings. The van der Waals surface area contributed by atoms with E-state index in [0.29, 0.717) is 23.4 Å². The first kappa shape index (κ1) is 14.9. The number of aryl methyl sites for hydroxylation is 1. The van der Waals surface area contributed by atoms with Gasteiger partial charge < -0.3 is 4.52 Å². The third-order valence-corrected chi connectivity index (χ3v) is 4.85. The Hall–Kier alpha value is -1.49. The van der Waals surface area contributed by atoms with Gasteiger partial charge in [-0.15, -0.1) is 0 Å². The molecule has 0 saturated carbocycles. The van der Waals surface area contributed by atoms with Crippen LogP contribution in [0.1, 0.15) is 54.8 Å². The normalized spacial score (nSPS) is 14.4. The third-order valence-electron chi connectivity index (χ3n) is 3.24. The summed E-state index contributed by atoms with van der Waals surface area (Å²) in [5.74, 6) is 2.03. The van der Waals surface area contributed by atoms with Gasteiger partial charge in [0.15, 0.2) is 5.82 Å². The molecule has 4 nitrogen and oxygen atoms in total. The van der Waals surface area contributed by atoms with E-state index in [9.17, 15) is 4.21 Å². The standard InChI is InChI=1S/C15H20N2O2S/c1-10(2)14-7-5-13(6-8-14)9-20(18)11(3)15-16-12(4)17-19-15/h5-8,10-11H,9H2,1-4H3/t11-,20-/m0/s1. The molecule has 0 radical (unpaired) electrons. The van der Waals surface area contributed by atoms with E-state index in [1.165, 1.54) is 5.56 Å². The summed E-state index contributed by atoms with van der Waals surface area (Å²) in [7, 11) is -1.07. The van der Waals surface area contributed by atoms with E-state index in [1.807, 2.05) is 19.1 Å². The summed E-state index contributed by atoms with van der Waals surface area (Å²) in [4.78, 5) is 4.14. The largest absolute Gasteiger partial charge is 0.338 e. The van der Waals surface area contributed by atoms with Crippen LogP contribution in [0.25, 0.3) is 0 Å². The van der Waals surface area contributed by atoms with E-state index in [-0.39, 0.29) is 5.25 Å². The number of hydrogen-bond donors (Lipinski definition) is 0. The SMILES string of the molecule is Cc1noc([C@H](C)[S@@](=O)Cc2ccc(C(C)C)cc2)n1. The first-order valence-corrected chi connectivity index (χ1v) is 8.11. The van der Waals surface area contributed by atoms with Gasteiger partial charge in [0.1, 0.15) is 5.25 Å². The Morgan fingerprint density at radius 1 is 1.20 bits per heavy atom. The fourth-order valence-electron chi connectivity index (χ4n) is 1.88. The maximum Gasteiger partial charge on any atom is 0.242 e. The molecule has 0 spiro atoms. The molecule has 0 aliphatic carbocycles. The summed E-state index contributed by atoms with van der Waals surface area (Å²) < 4.78 is 17.4. The molecule has 2 aromatic rings. The molecule has 0 amide bonds. The van der Waals surface area contributed by atoms with Crippen molar-refractivity contribution in [3.8, 4) is 0 Å². The Kier molecular flexibility index (Phi) is 4.70. The fourth-order valence-corrected chi connectivity index (χ4v) is 2.97. The highest BCUT2D eigenvalue weighted by Gasteiger charge is 2.20. The Morgan fingerprint density at radius 2 is 1.85 bits per heavy atom. The van der Waals surface area contributed by atoms with Crippen LogP contribution in [0.3, 0.4) is 0 Å². The molecule has 1 aromatic heterocycles.